The quantitative estimate of drug-likeness (QED) is 0.0338. The largest absolute Gasteiger partial charge is 0.409 e. The molecule has 1 amide bonds. The lowest BCUT2D eigenvalue weighted by molar-refractivity contribution is 0.0999. The van der Waals surface area contributed by atoms with Crippen LogP contribution in [0.1, 0.15) is 88.2 Å². The molecule has 0 unspecified atom stereocenters. The summed E-state index contributed by atoms with van der Waals surface area (Å²) in [5, 5.41) is 64.2. The molecule has 15 aromatic carbocycles. The third-order valence-electron chi connectivity index (χ3n) is 21.1. The molecular formula is C107H103N19O2. The first kappa shape index (κ1) is 92.0. The molecule has 20 rings (SSSR count). The van der Waals surface area contributed by atoms with Crippen molar-refractivity contribution >= 4 is 149 Å². The Hall–Kier alpha value is -16.7. The average Bonchev–Trinajstić information content (AvgIpc) is 0.809. The SMILES string of the molecule is Cc1cc2ccccc2cc1/C(N)=N/O.Cc1cc2ccccc2cc1C#N.Cc1cc2ccccc2cc1C(=N)N.Cc1cc2ccccc2cc1C(N)=O.Cc1cc2ccccc2cc1CN.Cc1ccc2c(N)nncc2c1.Cc1ccc2ccnc(N)c2c1.Cc1ccc2ccncc2c1.Cc1ccc2cnnc(N)c2c1.Cc1ccc2ncnc(N)c2c1. The zero-order chi connectivity index (χ0) is 91.5. The monoisotopic (exact) mass is 1690 g/mol. The number of nitrogen functional groups attached to an aromatic ring is 5. The highest BCUT2D eigenvalue weighted by molar-refractivity contribution is 6.04. The third-order valence-corrected chi connectivity index (χ3v) is 21.1. The van der Waals surface area contributed by atoms with Crippen molar-refractivity contribution in [1.29, 1.82) is 10.7 Å². The van der Waals surface area contributed by atoms with Crippen molar-refractivity contribution in [2.75, 3.05) is 22.9 Å². The van der Waals surface area contributed by atoms with Gasteiger partial charge in [0.15, 0.2) is 17.5 Å². The highest BCUT2D eigenvalue weighted by atomic mass is 16.4. The third kappa shape index (κ3) is 24.6. The summed E-state index contributed by atoms with van der Waals surface area (Å²) < 4.78 is 0. The van der Waals surface area contributed by atoms with Crippen LogP contribution in [0, 0.1) is 86.0 Å². The Labute approximate surface area is 744 Å². The fourth-order valence-electron chi connectivity index (χ4n) is 14.2. The Morgan fingerprint density at radius 2 is 0.758 bits per heavy atom. The summed E-state index contributed by atoms with van der Waals surface area (Å²) in [6.07, 6.45) is 10.4. The zero-order valence-electron chi connectivity index (χ0n) is 73.3. The topological polar surface area (TPSA) is 409 Å². The number of amidine groups is 2. The smallest absolute Gasteiger partial charge is 0.248 e. The van der Waals surface area contributed by atoms with Crippen LogP contribution in [0.25, 0.3) is 108 Å². The van der Waals surface area contributed by atoms with Crippen molar-refractivity contribution in [2.45, 2.75) is 75.8 Å². The van der Waals surface area contributed by atoms with Crippen LogP contribution in [0.4, 0.5) is 23.3 Å². The Bertz CT molecular complexity index is 7150. The number of hydrogen-bond donors (Lipinski definition) is 10. The molecule has 0 bridgehead atoms. The molecule has 0 saturated carbocycles. The standard InChI is InChI=1S/C12H12N2O.C12H12N2.C12H11NO.C12H13N.C12H9N.C10H10N2.C10H9N.3C9H9N3/c1-8-6-9-4-2-3-5-10(9)7-11(8)12(13)14-15;2*1-8-6-9-4-2-3-5-10(9)7-11(8)12(13)14;2*1-9-6-10-4-2-3-5-11(10)7-12(9)8-13;1-7-2-3-8-4-5-12-10(11)9(8)6-7;1-8-2-3-9-4-5-11-7-10(9)6-8;1-6-2-3-8-7(4-6)9(10)12-5-11-8;1-6-2-3-8-7(4-6)5-11-12-9(8)10;1-6-2-3-7-5-11-12-9(10)8(7)4-6/h2-7,15H,1H3,(H2,13,14);2-7H,1H3,(H3,13,14);2-7H,1H3,(H2,13,14);2-7H,8,13H2,1H3;2-7H,1H3;2-6H,1H3,(H2,11,12);2-7H,1H3;2-5H,1H3,(H2,10,11,12);2*2-5H,1H3,(H2,10,12). The summed E-state index contributed by atoms with van der Waals surface area (Å²) in [6.45, 7) is 20.7. The van der Waals surface area contributed by atoms with Gasteiger partial charge in [-0.25, -0.2) is 15.0 Å². The number of aryl methyl sites for hydroxylation is 10. The van der Waals surface area contributed by atoms with Crippen molar-refractivity contribution in [3.05, 3.63) is 406 Å². The number of nitrogens with two attached hydrogens (primary N) is 8. The first-order valence-corrected chi connectivity index (χ1v) is 41.2. The summed E-state index contributed by atoms with van der Waals surface area (Å²) in [5.74, 6) is 2.06. The number of pyridine rings is 2. The molecule has 18 N–H and O–H groups in total. The first-order chi connectivity index (χ1) is 61.6. The second-order valence-electron chi connectivity index (χ2n) is 30.8. The van der Waals surface area contributed by atoms with Gasteiger partial charge in [-0.15, -0.1) is 10.2 Å². The molecule has 0 aliphatic carbocycles. The molecule has 0 fully saturated rings. The Kier molecular flexibility index (Phi) is 31.5. The fourth-order valence-corrected chi connectivity index (χ4v) is 14.2. The highest BCUT2D eigenvalue weighted by Crippen LogP contribution is 2.28. The lowest BCUT2D eigenvalue weighted by Gasteiger charge is -2.06. The van der Waals surface area contributed by atoms with Gasteiger partial charge < -0.3 is 51.1 Å². The normalized spacial score (nSPS) is 10.5. The summed E-state index contributed by atoms with van der Waals surface area (Å²) in [4.78, 5) is 27.2. The van der Waals surface area contributed by atoms with E-state index in [-0.39, 0.29) is 17.6 Å². The van der Waals surface area contributed by atoms with Gasteiger partial charge in [0.25, 0.3) is 0 Å². The van der Waals surface area contributed by atoms with Gasteiger partial charge in [-0.2, -0.15) is 15.5 Å². The number of primary amides is 1. The van der Waals surface area contributed by atoms with Crippen molar-refractivity contribution < 1.29 is 10.0 Å². The van der Waals surface area contributed by atoms with Crippen molar-refractivity contribution in [3.63, 3.8) is 0 Å². The number of rotatable bonds is 4. The molecule has 20 aromatic rings. The van der Waals surface area contributed by atoms with Gasteiger partial charge in [0.05, 0.1) is 29.5 Å². The minimum absolute atomic E-state index is 0.133. The summed E-state index contributed by atoms with van der Waals surface area (Å²) in [5.41, 5.74) is 61.1. The molecular weight excluding hydrogens is 1580 g/mol. The summed E-state index contributed by atoms with van der Waals surface area (Å²) in [7, 11) is 0. The molecule has 638 valence electrons. The second kappa shape index (κ2) is 43.9. The first-order valence-electron chi connectivity index (χ1n) is 41.2. The van der Waals surface area contributed by atoms with E-state index in [4.69, 9.17) is 61.7 Å². The summed E-state index contributed by atoms with van der Waals surface area (Å²) >= 11 is 0. The Balaban J connectivity index is 0.000000138. The Morgan fingerprint density at radius 3 is 1.28 bits per heavy atom. The molecule has 21 nitrogen and oxygen atoms in total. The highest BCUT2D eigenvalue weighted by Gasteiger charge is 2.10. The van der Waals surface area contributed by atoms with E-state index in [9.17, 15) is 4.79 Å². The number of carbonyl (C=O) groups excluding carboxylic acids is 1. The van der Waals surface area contributed by atoms with Crippen LogP contribution in [-0.4, -0.2) is 63.1 Å². The van der Waals surface area contributed by atoms with E-state index in [0.717, 1.165) is 114 Å². The number of nitriles is 1. The lowest BCUT2D eigenvalue weighted by atomic mass is 10.0. The average molecular weight is 1690 g/mol. The Morgan fingerprint density at radius 1 is 0.359 bits per heavy atom. The van der Waals surface area contributed by atoms with Crippen LogP contribution in [0.5, 0.6) is 0 Å². The molecule has 0 saturated heterocycles. The molecule has 5 aromatic heterocycles. The van der Waals surface area contributed by atoms with E-state index in [2.05, 4.69) is 156 Å². The fraction of sp³-hybridized carbons (Fsp3) is 0.103. The number of nitrogens with one attached hydrogen (secondary N) is 1. The van der Waals surface area contributed by atoms with Crippen LogP contribution in [-0.2, 0) is 6.54 Å². The van der Waals surface area contributed by atoms with E-state index >= 15 is 0 Å². The predicted molar refractivity (Wildman–Crippen MR) is 532 cm³/mol. The van der Waals surface area contributed by atoms with Gasteiger partial charge in [-0.1, -0.05) is 239 Å². The van der Waals surface area contributed by atoms with Gasteiger partial charge in [-0.05, 0) is 246 Å². The van der Waals surface area contributed by atoms with Crippen LogP contribution in [0.3, 0.4) is 0 Å². The molecule has 0 aliphatic rings. The summed E-state index contributed by atoms with van der Waals surface area (Å²) in [6, 6.07) is 97.3. The van der Waals surface area contributed by atoms with Crippen molar-refractivity contribution in [3.8, 4) is 6.07 Å². The van der Waals surface area contributed by atoms with Crippen LogP contribution >= 0.6 is 0 Å². The van der Waals surface area contributed by atoms with E-state index < -0.39 is 0 Å². The van der Waals surface area contributed by atoms with E-state index in [0.29, 0.717) is 35.4 Å². The molecule has 128 heavy (non-hydrogen) atoms. The van der Waals surface area contributed by atoms with Crippen molar-refractivity contribution in [1.82, 2.24) is 40.3 Å². The van der Waals surface area contributed by atoms with Gasteiger partial charge in [0, 0.05) is 79.5 Å². The maximum atomic E-state index is 11.1. The second-order valence-corrected chi connectivity index (χ2v) is 30.8. The molecule has 5 heterocycles. The number of hydrogen-bond acceptors (Lipinski definition) is 18. The molecule has 0 spiro atoms. The van der Waals surface area contributed by atoms with E-state index in [1.807, 2.05) is 262 Å². The molecule has 21 heteroatoms. The number of fused-ring (bicyclic) bond motifs is 10. The zero-order valence-corrected chi connectivity index (χ0v) is 73.3. The molecule has 0 radical (unpaired) electrons. The molecule has 0 aliphatic heterocycles. The lowest BCUT2D eigenvalue weighted by Crippen LogP contribution is -2.14. The number of anilines is 4. The number of nitrogens with zero attached hydrogens (tertiary/aromatic N) is 10. The van der Waals surface area contributed by atoms with Gasteiger partial charge in [-0.3, -0.25) is 15.2 Å². The number of oxime groups is 1. The van der Waals surface area contributed by atoms with Gasteiger partial charge in [0.2, 0.25) is 5.91 Å². The number of benzene rings is 15. The van der Waals surface area contributed by atoms with Crippen LogP contribution < -0.4 is 45.9 Å². The van der Waals surface area contributed by atoms with E-state index in [1.54, 1.807) is 18.6 Å². The minimum Gasteiger partial charge on any atom is -0.409 e. The van der Waals surface area contributed by atoms with Crippen LogP contribution in [0.15, 0.2) is 328 Å². The van der Waals surface area contributed by atoms with Crippen molar-refractivity contribution in [2.24, 2.45) is 28.1 Å². The van der Waals surface area contributed by atoms with Crippen LogP contribution in [0.2, 0.25) is 0 Å². The number of aromatic nitrogens is 8. The van der Waals surface area contributed by atoms with Gasteiger partial charge in [0.1, 0.15) is 23.8 Å². The maximum absolute atomic E-state index is 11.1. The maximum Gasteiger partial charge on any atom is 0.248 e. The van der Waals surface area contributed by atoms with E-state index in [1.165, 1.54) is 77.6 Å². The predicted octanol–water partition coefficient (Wildman–Crippen LogP) is 21.8. The van der Waals surface area contributed by atoms with Gasteiger partial charge >= 0.3 is 0 Å². The number of carbonyl (C=O) groups is 1. The molecule has 0 atom stereocenters. The minimum atomic E-state index is -0.367. The number of amides is 1.